The molecule has 0 aromatic heterocycles. The van der Waals surface area contributed by atoms with E-state index in [0.29, 0.717) is 0 Å². The molecular formula is C48H108Si5. The fourth-order valence-corrected chi connectivity index (χ4v) is 268. The quantitative estimate of drug-likeness (QED) is 0.248. The zero-order valence-corrected chi connectivity index (χ0v) is 49.5. The summed E-state index contributed by atoms with van der Waals surface area (Å²) in [5, 5.41) is 1.78. The van der Waals surface area contributed by atoms with Gasteiger partial charge in [0.05, 0.1) is 30.4 Å². The van der Waals surface area contributed by atoms with E-state index in [-0.39, 0.29) is 60.5 Å². The second-order valence-corrected chi connectivity index (χ2v) is 83.2. The van der Waals surface area contributed by atoms with Crippen molar-refractivity contribution < 1.29 is 0 Å². The maximum atomic E-state index is 2.85. The van der Waals surface area contributed by atoms with E-state index in [2.05, 4.69) is 249 Å². The summed E-state index contributed by atoms with van der Waals surface area (Å²) in [5.74, 6) is 0. The Morgan fingerprint density at radius 1 is 0.132 bits per heavy atom. The molecule has 0 N–H and O–H groups in total. The van der Waals surface area contributed by atoms with Crippen LogP contribution in [-0.2, 0) is 0 Å². The van der Waals surface area contributed by atoms with Gasteiger partial charge in [-0.05, 0) is 60.5 Å². The normalized spacial score (nSPS) is 17.4. The van der Waals surface area contributed by atoms with Crippen LogP contribution in [0.3, 0.4) is 0 Å². The van der Waals surface area contributed by atoms with E-state index in [1.807, 2.05) is 0 Å². The SMILES string of the molecule is CC(C)(C)[Si](C(C)(C)C)(C(C)(C)C)[Si]([Si](C(C)(C)C)(C(C)(C)C)C(C)(C)C)([Si](C(C)(C)C)(C(C)(C)C)C(C)(C)C)[Si](C(C)(C)C)(C(C)(C)C)C(C)(C)C. The van der Waals surface area contributed by atoms with Crippen LogP contribution in [0.25, 0.3) is 0 Å². The Morgan fingerprint density at radius 3 is 0.226 bits per heavy atom. The Labute approximate surface area is 344 Å². The Kier molecular flexibility index (Phi) is 13.8. The molecule has 0 heterocycles. The van der Waals surface area contributed by atoms with Crippen molar-refractivity contribution in [3.8, 4) is 0 Å². The van der Waals surface area contributed by atoms with Crippen LogP contribution in [0, 0.1) is 0 Å². The lowest BCUT2D eigenvalue weighted by molar-refractivity contribution is 0.519. The molecule has 0 saturated carbocycles. The molecule has 0 rings (SSSR count). The van der Waals surface area contributed by atoms with Crippen LogP contribution in [0.4, 0.5) is 0 Å². The summed E-state index contributed by atoms with van der Waals surface area (Å²) in [6.07, 6.45) is -2.98. The van der Waals surface area contributed by atoms with Crippen LogP contribution in [0.1, 0.15) is 249 Å². The average Bonchev–Trinajstić information content (AvgIpc) is 2.60. The van der Waals surface area contributed by atoms with Gasteiger partial charge >= 0.3 is 0 Å². The van der Waals surface area contributed by atoms with Crippen molar-refractivity contribution in [3.63, 3.8) is 0 Å². The van der Waals surface area contributed by atoms with Gasteiger partial charge in [0.2, 0.25) is 0 Å². The van der Waals surface area contributed by atoms with Gasteiger partial charge in [-0.3, -0.25) is 0 Å². The molecule has 320 valence electrons. The van der Waals surface area contributed by atoms with Crippen LogP contribution in [0.2, 0.25) is 60.5 Å². The molecule has 0 radical (unpaired) electrons. The van der Waals surface area contributed by atoms with Crippen LogP contribution in [0.5, 0.6) is 0 Å². The average molecular weight is 826 g/mol. The summed E-state index contributed by atoms with van der Waals surface area (Å²) in [7, 11) is -11.0. The van der Waals surface area contributed by atoms with Gasteiger partial charge in [-0.15, -0.1) is 0 Å². The molecule has 53 heavy (non-hydrogen) atoms. The summed E-state index contributed by atoms with van der Waals surface area (Å²) in [6, 6.07) is 0. The number of rotatable bonds is 4. The molecule has 0 aliphatic heterocycles. The molecule has 0 bridgehead atoms. The van der Waals surface area contributed by atoms with Crippen LogP contribution in [0.15, 0.2) is 0 Å². The lowest BCUT2D eigenvalue weighted by atomic mass is 10.2. The smallest absolute Gasteiger partial charge is 0.0566 e. The van der Waals surface area contributed by atoms with E-state index in [9.17, 15) is 0 Å². The minimum Gasteiger partial charge on any atom is -0.0628 e. The van der Waals surface area contributed by atoms with Crippen molar-refractivity contribution in [3.05, 3.63) is 0 Å². The molecule has 0 fully saturated rings. The Balaban J connectivity index is 12.9. The Bertz CT molecular complexity index is 911. The molecule has 0 spiro atoms. The fraction of sp³-hybridized carbons (Fsp3) is 1.00. The summed E-state index contributed by atoms with van der Waals surface area (Å²) in [6.45, 7) is 103. The van der Waals surface area contributed by atoms with Crippen molar-refractivity contribution in [2.75, 3.05) is 0 Å². The maximum absolute atomic E-state index is 2.98. The molecule has 0 aliphatic rings. The van der Waals surface area contributed by atoms with E-state index >= 15 is 0 Å². The third kappa shape index (κ3) is 6.58. The standard InChI is InChI=1S/C48H108Si5/c1-37(2,3)49(38(4,5)6,39(7,8)9)53(50(40(10,11)12,41(13,14)15)42(16,17)18,51(43(19,20)21,44(22,23)24)45(25,26)27)52(46(28,29)30,47(31,32)33)48(34,35)36/h1-36H3. The highest BCUT2D eigenvalue weighted by Gasteiger charge is 2.97. The molecule has 0 aliphatic carbocycles. The molecule has 0 unspecified atom stereocenters. The molecule has 5 heteroatoms. The van der Waals surface area contributed by atoms with Crippen LogP contribution >= 0.6 is 0 Å². The monoisotopic (exact) mass is 825 g/mol. The first-order valence-corrected chi connectivity index (χ1v) is 36.0. The molecule has 0 saturated heterocycles. The van der Waals surface area contributed by atoms with Crippen molar-refractivity contribution in [1.82, 2.24) is 0 Å². The van der Waals surface area contributed by atoms with Gasteiger partial charge in [0.1, 0.15) is 0 Å². The summed E-state index contributed by atoms with van der Waals surface area (Å²) in [5.41, 5.74) is 0. The van der Waals surface area contributed by atoms with Crippen LogP contribution in [-0.4, -0.2) is 36.5 Å². The Morgan fingerprint density at radius 2 is 0.189 bits per heavy atom. The van der Waals surface area contributed by atoms with Gasteiger partial charge in [0.15, 0.2) is 0 Å². The maximum Gasteiger partial charge on any atom is 0.0566 e. The summed E-state index contributed by atoms with van der Waals surface area (Å²) >= 11 is 0. The molecule has 0 aromatic carbocycles. The number of hydrogen-bond donors (Lipinski definition) is 0. The zero-order chi connectivity index (χ0) is 44.5. The van der Waals surface area contributed by atoms with Crippen molar-refractivity contribution >= 4 is 36.5 Å². The zero-order valence-electron chi connectivity index (χ0n) is 44.5. The minimum atomic E-state index is -2.98. The van der Waals surface area contributed by atoms with E-state index in [1.165, 1.54) is 0 Å². The van der Waals surface area contributed by atoms with Gasteiger partial charge in [-0.2, -0.15) is 0 Å². The van der Waals surface area contributed by atoms with Crippen LogP contribution < -0.4 is 0 Å². The van der Waals surface area contributed by atoms with E-state index in [4.69, 9.17) is 0 Å². The van der Waals surface area contributed by atoms with Gasteiger partial charge in [0.25, 0.3) is 0 Å². The lowest BCUT2D eigenvalue weighted by Crippen LogP contribution is -3.10. The topological polar surface area (TPSA) is 0 Å². The molecule has 0 nitrogen and oxygen atoms in total. The van der Waals surface area contributed by atoms with Crippen molar-refractivity contribution in [2.45, 2.75) is 310 Å². The van der Waals surface area contributed by atoms with E-state index in [1.54, 1.807) is 0 Å². The summed E-state index contributed by atoms with van der Waals surface area (Å²) in [4.78, 5) is 0. The van der Waals surface area contributed by atoms with Gasteiger partial charge in [0, 0.05) is 6.14 Å². The highest BCUT2D eigenvalue weighted by Crippen LogP contribution is 2.88. The van der Waals surface area contributed by atoms with E-state index in [0.717, 1.165) is 0 Å². The fourth-order valence-electron chi connectivity index (χ4n) is 21.9. The van der Waals surface area contributed by atoms with E-state index < -0.39 is 36.5 Å². The number of hydrogen-bond acceptors (Lipinski definition) is 0. The molecule has 0 atom stereocenters. The molecule has 0 amide bonds. The van der Waals surface area contributed by atoms with Gasteiger partial charge in [-0.1, -0.05) is 249 Å². The molecular weight excluding hydrogens is 717 g/mol. The predicted molar refractivity (Wildman–Crippen MR) is 265 cm³/mol. The predicted octanol–water partition coefficient (Wildman–Crippen LogP) is 19.1. The first kappa shape index (κ1) is 54.1. The first-order chi connectivity index (χ1) is 22.0. The molecule has 0 aromatic rings. The van der Waals surface area contributed by atoms with Gasteiger partial charge in [-0.25, -0.2) is 0 Å². The Hall–Kier alpha value is 1.08. The second kappa shape index (κ2) is 13.6. The van der Waals surface area contributed by atoms with Crippen molar-refractivity contribution in [2.24, 2.45) is 0 Å². The summed E-state index contributed by atoms with van der Waals surface area (Å²) < 4.78 is 0. The third-order valence-electron chi connectivity index (χ3n) is 15.8. The highest BCUT2D eigenvalue weighted by molar-refractivity contribution is 8.10. The first-order valence-electron chi connectivity index (χ1n) is 22.0. The second-order valence-electron chi connectivity index (χ2n) is 30.8. The third-order valence-corrected chi connectivity index (χ3v) is 128. The highest BCUT2D eigenvalue weighted by atomic mass is 30.2. The largest absolute Gasteiger partial charge is 0.0628 e. The van der Waals surface area contributed by atoms with Crippen molar-refractivity contribution in [1.29, 1.82) is 0 Å². The minimum absolute atomic E-state index is 0.149. The lowest BCUT2D eigenvalue weighted by Gasteiger charge is -2.92. The van der Waals surface area contributed by atoms with Gasteiger partial charge < -0.3 is 0 Å².